The van der Waals surface area contributed by atoms with Crippen molar-refractivity contribution in [1.29, 1.82) is 0 Å². The molecule has 2 aromatic carbocycles. The Morgan fingerprint density at radius 2 is 1.53 bits per heavy atom. The molecule has 1 atom stereocenters. The predicted octanol–water partition coefficient (Wildman–Crippen LogP) is 2.27. The molecule has 0 fully saturated rings. The van der Waals surface area contributed by atoms with E-state index in [1.54, 1.807) is 0 Å². The second kappa shape index (κ2) is 5.94. The standard InChI is InChI=1S/C14H15N3/c15-17-14(13-9-5-2-6-10-13)16-11-12-7-3-1-4-8-12/h1-11,14,17H,15H2/b16-11+. The summed E-state index contributed by atoms with van der Waals surface area (Å²) in [5.41, 5.74) is 4.79. The van der Waals surface area contributed by atoms with Crippen molar-refractivity contribution < 1.29 is 0 Å². The van der Waals surface area contributed by atoms with Crippen LogP contribution in [0.1, 0.15) is 17.3 Å². The lowest BCUT2D eigenvalue weighted by atomic mass is 10.2. The van der Waals surface area contributed by atoms with E-state index in [-0.39, 0.29) is 6.17 Å². The molecule has 17 heavy (non-hydrogen) atoms. The van der Waals surface area contributed by atoms with Crippen LogP contribution in [0.15, 0.2) is 65.7 Å². The van der Waals surface area contributed by atoms with Crippen molar-refractivity contribution in [3.05, 3.63) is 71.8 Å². The van der Waals surface area contributed by atoms with Gasteiger partial charge in [0.15, 0.2) is 0 Å². The van der Waals surface area contributed by atoms with E-state index < -0.39 is 0 Å². The van der Waals surface area contributed by atoms with Crippen LogP contribution < -0.4 is 11.3 Å². The van der Waals surface area contributed by atoms with Crippen LogP contribution in [-0.2, 0) is 0 Å². The molecular formula is C14H15N3. The molecule has 86 valence electrons. The Bertz CT molecular complexity index is 465. The van der Waals surface area contributed by atoms with Crippen LogP contribution in [0.2, 0.25) is 0 Å². The third kappa shape index (κ3) is 3.24. The average molecular weight is 225 g/mol. The molecule has 0 aromatic heterocycles. The quantitative estimate of drug-likeness (QED) is 0.476. The third-order valence-electron chi connectivity index (χ3n) is 2.45. The minimum Gasteiger partial charge on any atom is -0.269 e. The molecule has 2 rings (SSSR count). The van der Waals surface area contributed by atoms with Gasteiger partial charge in [0.1, 0.15) is 6.17 Å². The van der Waals surface area contributed by atoms with Gasteiger partial charge in [-0.15, -0.1) is 0 Å². The molecule has 0 bridgehead atoms. The largest absolute Gasteiger partial charge is 0.269 e. The van der Waals surface area contributed by atoms with Gasteiger partial charge in [0.05, 0.1) is 0 Å². The lowest BCUT2D eigenvalue weighted by Crippen LogP contribution is -2.26. The normalized spacial score (nSPS) is 12.8. The topological polar surface area (TPSA) is 50.4 Å². The van der Waals surface area contributed by atoms with Gasteiger partial charge in [-0.25, -0.2) is 5.43 Å². The van der Waals surface area contributed by atoms with E-state index >= 15 is 0 Å². The molecular weight excluding hydrogens is 210 g/mol. The number of aliphatic imine (C=N–C) groups is 1. The van der Waals surface area contributed by atoms with E-state index in [0.29, 0.717) is 0 Å². The maximum Gasteiger partial charge on any atom is 0.137 e. The van der Waals surface area contributed by atoms with E-state index in [1.165, 1.54) is 0 Å². The number of hydrogen-bond acceptors (Lipinski definition) is 3. The molecule has 3 nitrogen and oxygen atoms in total. The van der Waals surface area contributed by atoms with Crippen molar-refractivity contribution in [2.45, 2.75) is 6.17 Å². The summed E-state index contributed by atoms with van der Waals surface area (Å²) in [6.07, 6.45) is 1.61. The highest BCUT2D eigenvalue weighted by atomic mass is 15.3. The van der Waals surface area contributed by atoms with E-state index in [2.05, 4.69) is 10.4 Å². The fourth-order valence-electron chi connectivity index (χ4n) is 1.56. The van der Waals surface area contributed by atoms with Crippen molar-refractivity contribution in [3.63, 3.8) is 0 Å². The van der Waals surface area contributed by atoms with Crippen LogP contribution in [-0.4, -0.2) is 6.21 Å². The first kappa shape index (κ1) is 11.5. The zero-order valence-electron chi connectivity index (χ0n) is 9.45. The Kier molecular flexibility index (Phi) is 4.02. The first-order chi connectivity index (χ1) is 8.40. The van der Waals surface area contributed by atoms with Crippen molar-refractivity contribution in [2.24, 2.45) is 10.8 Å². The average Bonchev–Trinajstić information content (AvgIpc) is 2.42. The fourth-order valence-corrected chi connectivity index (χ4v) is 1.56. The summed E-state index contributed by atoms with van der Waals surface area (Å²) < 4.78 is 0. The van der Waals surface area contributed by atoms with Crippen LogP contribution >= 0.6 is 0 Å². The molecule has 0 amide bonds. The number of hydrogen-bond donors (Lipinski definition) is 2. The Labute approximate surface area is 101 Å². The zero-order valence-corrected chi connectivity index (χ0v) is 9.45. The molecule has 0 radical (unpaired) electrons. The van der Waals surface area contributed by atoms with Crippen LogP contribution in [0.25, 0.3) is 0 Å². The van der Waals surface area contributed by atoms with Crippen molar-refractivity contribution >= 4 is 6.21 Å². The monoisotopic (exact) mass is 225 g/mol. The second-order valence-electron chi connectivity index (χ2n) is 3.67. The summed E-state index contributed by atoms with van der Waals surface area (Å²) in [7, 11) is 0. The van der Waals surface area contributed by atoms with E-state index in [1.807, 2.05) is 66.9 Å². The first-order valence-electron chi connectivity index (χ1n) is 5.49. The van der Waals surface area contributed by atoms with Crippen LogP contribution in [0.5, 0.6) is 0 Å². The van der Waals surface area contributed by atoms with Crippen LogP contribution in [0, 0.1) is 0 Å². The van der Waals surface area contributed by atoms with E-state index in [0.717, 1.165) is 11.1 Å². The van der Waals surface area contributed by atoms with Gasteiger partial charge in [-0.05, 0) is 11.1 Å². The van der Waals surface area contributed by atoms with Gasteiger partial charge in [-0.1, -0.05) is 60.7 Å². The molecule has 0 aliphatic carbocycles. The highest BCUT2D eigenvalue weighted by Crippen LogP contribution is 2.12. The summed E-state index contributed by atoms with van der Waals surface area (Å²) >= 11 is 0. The van der Waals surface area contributed by atoms with Gasteiger partial charge in [0.2, 0.25) is 0 Å². The third-order valence-corrected chi connectivity index (χ3v) is 2.45. The van der Waals surface area contributed by atoms with Gasteiger partial charge >= 0.3 is 0 Å². The maximum absolute atomic E-state index is 5.51. The maximum atomic E-state index is 5.51. The summed E-state index contributed by atoms with van der Waals surface area (Å²) in [6.45, 7) is 0. The Morgan fingerprint density at radius 1 is 0.941 bits per heavy atom. The fraction of sp³-hybridized carbons (Fsp3) is 0.0714. The zero-order chi connectivity index (χ0) is 11.9. The number of nitrogens with zero attached hydrogens (tertiary/aromatic N) is 1. The lowest BCUT2D eigenvalue weighted by Gasteiger charge is -2.10. The Morgan fingerprint density at radius 3 is 2.12 bits per heavy atom. The molecule has 1 unspecified atom stereocenters. The molecule has 0 aliphatic heterocycles. The first-order valence-corrected chi connectivity index (χ1v) is 5.49. The highest BCUT2D eigenvalue weighted by Gasteiger charge is 2.04. The summed E-state index contributed by atoms with van der Waals surface area (Å²) in [6, 6.07) is 19.8. The molecule has 0 spiro atoms. The molecule has 2 aromatic rings. The van der Waals surface area contributed by atoms with Crippen LogP contribution in [0.3, 0.4) is 0 Å². The molecule has 0 saturated carbocycles. The van der Waals surface area contributed by atoms with Crippen LogP contribution in [0.4, 0.5) is 0 Å². The minimum absolute atomic E-state index is 0.212. The van der Waals surface area contributed by atoms with Gasteiger partial charge in [-0.2, -0.15) is 0 Å². The predicted molar refractivity (Wildman–Crippen MR) is 70.5 cm³/mol. The van der Waals surface area contributed by atoms with Gasteiger partial charge in [0, 0.05) is 6.21 Å². The number of nitrogens with one attached hydrogen (secondary N) is 1. The number of benzene rings is 2. The molecule has 0 aliphatic rings. The Hall–Kier alpha value is -1.97. The van der Waals surface area contributed by atoms with Crippen molar-refractivity contribution in [3.8, 4) is 0 Å². The number of nitrogens with two attached hydrogens (primary N) is 1. The van der Waals surface area contributed by atoms with Crippen molar-refractivity contribution in [2.75, 3.05) is 0 Å². The Balaban J connectivity index is 2.14. The van der Waals surface area contributed by atoms with Gasteiger partial charge < -0.3 is 0 Å². The molecule has 0 heterocycles. The minimum atomic E-state index is -0.212. The second-order valence-corrected chi connectivity index (χ2v) is 3.67. The summed E-state index contributed by atoms with van der Waals surface area (Å²) in [4.78, 5) is 4.42. The van der Waals surface area contributed by atoms with Gasteiger partial charge in [-0.3, -0.25) is 10.8 Å². The van der Waals surface area contributed by atoms with E-state index in [9.17, 15) is 0 Å². The lowest BCUT2D eigenvalue weighted by molar-refractivity contribution is 0.582. The molecule has 3 heteroatoms. The smallest absolute Gasteiger partial charge is 0.137 e. The molecule has 0 saturated heterocycles. The van der Waals surface area contributed by atoms with E-state index in [4.69, 9.17) is 5.84 Å². The number of hydrazine groups is 1. The highest BCUT2D eigenvalue weighted by molar-refractivity contribution is 5.79. The van der Waals surface area contributed by atoms with Gasteiger partial charge in [0.25, 0.3) is 0 Å². The number of rotatable bonds is 4. The SMILES string of the molecule is NNC(/N=C/c1ccccc1)c1ccccc1. The summed E-state index contributed by atoms with van der Waals surface area (Å²) in [5.74, 6) is 5.51. The summed E-state index contributed by atoms with van der Waals surface area (Å²) in [5, 5.41) is 0. The molecule has 3 N–H and O–H groups in total. The van der Waals surface area contributed by atoms with Crippen molar-refractivity contribution in [1.82, 2.24) is 5.43 Å².